The Morgan fingerprint density at radius 1 is 0.969 bits per heavy atom. The molecule has 3 aromatic rings. The molecule has 0 unspecified atom stereocenters. The molecule has 5 nitrogen and oxygen atoms in total. The lowest BCUT2D eigenvalue weighted by Gasteiger charge is -2.29. The van der Waals surface area contributed by atoms with Gasteiger partial charge in [0.1, 0.15) is 5.57 Å². The van der Waals surface area contributed by atoms with E-state index in [9.17, 15) is 22.8 Å². The van der Waals surface area contributed by atoms with Crippen LogP contribution in [0, 0.1) is 0 Å². The molecule has 0 bridgehead atoms. The second kappa shape index (κ2) is 8.36. The molecule has 0 radical (unpaired) electrons. The Morgan fingerprint density at radius 3 is 2.41 bits per heavy atom. The monoisotopic (exact) mass is 519 g/mol. The van der Waals surface area contributed by atoms with E-state index in [1.165, 1.54) is 27.7 Å². The number of carbonyl (C=O) groups is 2. The van der Waals surface area contributed by atoms with Crippen molar-refractivity contribution < 1.29 is 22.8 Å². The summed E-state index contributed by atoms with van der Waals surface area (Å²) in [6.45, 7) is 0. The molecule has 162 valence electrons. The van der Waals surface area contributed by atoms with Gasteiger partial charge in [-0.1, -0.05) is 28.1 Å². The molecule has 0 aliphatic carbocycles. The van der Waals surface area contributed by atoms with Crippen LogP contribution in [0.15, 0.2) is 76.9 Å². The summed E-state index contributed by atoms with van der Waals surface area (Å²) in [4.78, 5) is 26.9. The van der Waals surface area contributed by atoms with E-state index >= 15 is 0 Å². The summed E-state index contributed by atoms with van der Waals surface area (Å²) in [5.41, 5.74) is 0.0311. The zero-order valence-corrected chi connectivity index (χ0v) is 18.5. The van der Waals surface area contributed by atoms with Crippen molar-refractivity contribution in [2.45, 2.75) is 6.18 Å². The van der Waals surface area contributed by atoms with Gasteiger partial charge in [0.2, 0.25) is 0 Å². The predicted molar refractivity (Wildman–Crippen MR) is 121 cm³/mol. The van der Waals surface area contributed by atoms with Gasteiger partial charge in [-0.15, -0.1) is 0 Å². The fourth-order valence-electron chi connectivity index (χ4n) is 3.23. The van der Waals surface area contributed by atoms with Gasteiger partial charge < -0.3 is 4.57 Å². The number of halogens is 4. The molecule has 4 rings (SSSR count). The van der Waals surface area contributed by atoms with Crippen molar-refractivity contribution in [1.29, 1.82) is 0 Å². The highest BCUT2D eigenvalue weighted by Gasteiger charge is 2.35. The third-order valence-corrected chi connectivity index (χ3v) is 5.47. The van der Waals surface area contributed by atoms with Crippen molar-refractivity contribution in [3.05, 3.63) is 88.2 Å². The van der Waals surface area contributed by atoms with Gasteiger partial charge >= 0.3 is 6.18 Å². The Balaban J connectivity index is 1.75. The zero-order valence-electron chi connectivity index (χ0n) is 16.1. The van der Waals surface area contributed by atoms with Gasteiger partial charge in [-0.2, -0.15) is 13.2 Å². The quantitative estimate of drug-likeness (QED) is 0.298. The van der Waals surface area contributed by atoms with E-state index in [1.54, 1.807) is 42.6 Å². The van der Waals surface area contributed by atoms with Crippen LogP contribution in [-0.2, 0) is 15.8 Å². The summed E-state index contributed by atoms with van der Waals surface area (Å²) in [6.07, 6.45) is -1.63. The fourth-order valence-corrected chi connectivity index (χ4v) is 3.90. The van der Waals surface area contributed by atoms with Crippen LogP contribution in [0.3, 0.4) is 0 Å². The maximum absolute atomic E-state index is 13.2. The lowest BCUT2D eigenvalue weighted by molar-refractivity contribution is -0.137. The molecule has 1 aliphatic rings. The highest BCUT2D eigenvalue weighted by Crippen LogP contribution is 2.31. The minimum atomic E-state index is -4.50. The average Bonchev–Trinajstić information content (AvgIpc) is 3.19. The first-order valence-corrected chi connectivity index (χ1v) is 10.4. The molecule has 0 spiro atoms. The number of hydrogen-bond donors (Lipinski definition) is 1. The molecule has 1 aliphatic heterocycles. The first-order chi connectivity index (χ1) is 15.1. The molecule has 2 heterocycles. The number of benzene rings is 2. The smallest absolute Gasteiger partial charge is 0.317 e. The van der Waals surface area contributed by atoms with E-state index in [1.807, 2.05) is 0 Å². The summed E-state index contributed by atoms with van der Waals surface area (Å²) < 4.78 is 41.5. The number of thiocarbonyl (C=S) groups is 1. The third kappa shape index (κ3) is 4.23. The first-order valence-electron chi connectivity index (χ1n) is 9.17. The van der Waals surface area contributed by atoms with Crippen LogP contribution in [0.25, 0.3) is 11.8 Å². The van der Waals surface area contributed by atoms with Gasteiger partial charge in [0.15, 0.2) is 5.11 Å². The molecule has 1 fully saturated rings. The fraction of sp³-hybridized carbons (Fsp3) is 0.0455. The number of carbonyl (C=O) groups excluding carboxylic acids is 2. The van der Waals surface area contributed by atoms with E-state index in [4.69, 9.17) is 12.2 Å². The molecule has 32 heavy (non-hydrogen) atoms. The van der Waals surface area contributed by atoms with Gasteiger partial charge in [0, 0.05) is 22.1 Å². The van der Waals surface area contributed by atoms with Crippen LogP contribution < -0.4 is 10.2 Å². The van der Waals surface area contributed by atoms with Crippen molar-refractivity contribution in [3.63, 3.8) is 0 Å². The van der Waals surface area contributed by atoms with Crippen molar-refractivity contribution in [1.82, 2.24) is 9.88 Å². The lowest BCUT2D eigenvalue weighted by atomic mass is 10.1. The molecular formula is C22H13BrF3N3O2S. The molecule has 0 saturated carbocycles. The Bertz CT molecular complexity index is 1280. The molecule has 1 saturated heterocycles. The van der Waals surface area contributed by atoms with Crippen LogP contribution in [0.1, 0.15) is 11.3 Å². The molecule has 10 heteroatoms. The van der Waals surface area contributed by atoms with Gasteiger partial charge in [-0.25, -0.2) is 0 Å². The van der Waals surface area contributed by atoms with E-state index in [2.05, 4.69) is 21.2 Å². The molecule has 1 N–H and O–H groups in total. The van der Waals surface area contributed by atoms with Crippen molar-refractivity contribution in [2.24, 2.45) is 0 Å². The Labute approximate surface area is 194 Å². The molecular weight excluding hydrogens is 507 g/mol. The minimum absolute atomic E-state index is 0.0662. The lowest BCUT2D eigenvalue weighted by Crippen LogP contribution is -2.54. The zero-order chi connectivity index (χ0) is 23.0. The maximum Gasteiger partial charge on any atom is 0.416 e. The average molecular weight is 520 g/mol. The predicted octanol–water partition coefficient (Wildman–Crippen LogP) is 5.09. The van der Waals surface area contributed by atoms with Crippen LogP contribution in [0.4, 0.5) is 18.9 Å². The van der Waals surface area contributed by atoms with E-state index < -0.39 is 23.6 Å². The van der Waals surface area contributed by atoms with Crippen molar-refractivity contribution >= 4 is 56.8 Å². The Kier molecular flexibility index (Phi) is 5.74. The molecule has 2 amide bonds. The van der Waals surface area contributed by atoms with Crippen LogP contribution in [-0.4, -0.2) is 21.5 Å². The summed E-state index contributed by atoms with van der Waals surface area (Å²) in [5.74, 6) is -1.34. The number of nitrogens with zero attached hydrogens (tertiary/aromatic N) is 2. The van der Waals surface area contributed by atoms with Gasteiger partial charge in [-0.3, -0.25) is 19.8 Å². The van der Waals surface area contributed by atoms with Gasteiger partial charge in [-0.05, 0) is 66.8 Å². The summed E-state index contributed by atoms with van der Waals surface area (Å²) in [5, 5.41) is 2.42. The van der Waals surface area contributed by atoms with Crippen LogP contribution in [0.2, 0.25) is 0 Å². The second-order valence-corrected chi connectivity index (χ2v) is 8.09. The van der Waals surface area contributed by atoms with E-state index in [0.717, 1.165) is 12.1 Å². The standard InChI is InChI=1S/C22H13BrF3N3O2S/c23-14-5-2-7-17(11-14)29-20(31)18(19(30)27-21(29)32)12-16-8-3-9-28(16)15-6-1-4-13(10-15)22(24,25)26/h1-12H,(H,27,30,32)/b18-12+. The molecule has 1 aromatic heterocycles. The Morgan fingerprint density at radius 2 is 1.69 bits per heavy atom. The highest BCUT2D eigenvalue weighted by molar-refractivity contribution is 9.10. The minimum Gasteiger partial charge on any atom is -0.317 e. The van der Waals surface area contributed by atoms with E-state index in [-0.39, 0.29) is 16.4 Å². The first kappa shape index (κ1) is 22.0. The second-order valence-electron chi connectivity index (χ2n) is 6.79. The summed E-state index contributed by atoms with van der Waals surface area (Å²) in [7, 11) is 0. The SMILES string of the molecule is O=C1NC(=S)N(c2cccc(Br)c2)C(=O)/C1=C/c1cccn1-c1cccc(C(F)(F)F)c1. The van der Waals surface area contributed by atoms with Gasteiger partial charge in [0.05, 0.1) is 11.3 Å². The highest BCUT2D eigenvalue weighted by atomic mass is 79.9. The van der Waals surface area contributed by atoms with Crippen molar-refractivity contribution in [3.8, 4) is 5.69 Å². The summed E-state index contributed by atoms with van der Waals surface area (Å²) in [6, 6.07) is 14.8. The van der Waals surface area contributed by atoms with Crippen LogP contribution in [0.5, 0.6) is 0 Å². The van der Waals surface area contributed by atoms with Crippen LogP contribution >= 0.6 is 28.1 Å². The number of amides is 2. The Hall–Kier alpha value is -3.24. The van der Waals surface area contributed by atoms with Gasteiger partial charge in [0.25, 0.3) is 11.8 Å². The number of anilines is 1. The third-order valence-electron chi connectivity index (χ3n) is 4.69. The molecule has 2 aromatic carbocycles. The number of rotatable bonds is 3. The van der Waals surface area contributed by atoms with E-state index in [0.29, 0.717) is 15.9 Å². The number of alkyl halides is 3. The normalized spacial score (nSPS) is 15.9. The number of nitrogens with one attached hydrogen (secondary N) is 1. The van der Waals surface area contributed by atoms with Crippen molar-refractivity contribution in [2.75, 3.05) is 4.90 Å². The molecule has 0 atom stereocenters. The maximum atomic E-state index is 13.2. The number of hydrogen-bond acceptors (Lipinski definition) is 3. The number of aromatic nitrogens is 1. The summed E-state index contributed by atoms with van der Waals surface area (Å²) >= 11 is 8.51. The topological polar surface area (TPSA) is 54.3 Å². The largest absolute Gasteiger partial charge is 0.416 e.